The Bertz CT molecular complexity index is 446. The standard InChI is InChI=1S/C17H27BrN2/c1-17(2)9-6-14(7-10-17)20(3)16-5-4-13(8-11-19)12-15(16)18/h4-5,12,14H,6-11,19H2,1-3H3. The SMILES string of the molecule is CN(c1ccc(CCN)cc1Br)C1CCC(C)(C)CC1. The fourth-order valence-electron chi connectivity index (χ4n) is 3.13. The van der Waals surface area contributed by atoms with Crippen molar-refractivity contribution < 1.29 is 0 Å². The van der Waals surface area contributed by atoms with E-state index in [0.29, 0.717) is 18.0 Å². The molecule has 112 valence electrons. The lowest BCUT2D eigenvalue weighted by atomic mass is 9.75. The van der Waals surface area contributed by atoms with Crippen molar-refractivity contribution in [1.82, 2.24) is 0 Å². The van der Waals surface area contributed by atoms with Gasteiger partial charge in [0.2, 0.25) is 0 Å². The average molecular weight is 339 g/mol. The largest absolute Gasteiger partial charge is 0.371 e. The third kappa shape index (κ3) is 3.76. The topological polar surface area (TPSA) is 29.3 Å². The van der Waals surface area contributed by atoms with E-state index in [1.54, 1.807) is 0 Å². The molecule has 1 aliphatic rings. The third-order valence-electron chi connectivity index (χ3n) is 4.68. The molecule has 0 saturated heterocycles. The van der Waals surface area contributed by atoms with Crippen LogP contribution in [0.3, 0.4) is 0 Å². The first kappa shape index (κ1) is 15.8. The van der Waals surface area contributed by atoms with Gasteiger partial charge in [-0.2, -0.15) is 0 Å². The molecule has 2 rings (SSSR count). The molecule has 0 amide bonds. The van der Waals surface area contributed by atoms with E-state index in [1.165, 1.54) is 41.4 Å². The van der Waals surface area contributed by atoms with Crippen molar-refractivity contribution in [2.45, 2.75) is 52.0 Å². The molecule has 0 radical (unpaired) electrons. The van der Waals surface area contributed by atoms with Crippen molar-refractivity contribution in [2.75, 3.05) is 18.5 Å². The molecule has 2 nitrogen and oxygen atoms in total. The average Bonchev–Trinajstić information content (AvgIpc) is 2.38. The van der Waals surface area contributed by atoms with Crippen LogP contribution >= 0.6 is 15.9 Å². The van der Waals surface area contributed by atoms with Crippen molar-refractivity contribution in [3.63, 3.8) is 0 Å². The highest BCUT2D eigenvalue weighted by Crippen LogP contribution is 2.39. The molecule has 0 heterocycles. The normalized spacial score (nSPS) is 19.1. The molecule has 1 fully saturated rings. The van der Waals surface area contributed by atoms with Gasteiger partial charge in [0, 0.05) is 17.6 Å². The number of nitrogens with zero attached hydrogens (tertiary/aromatic N) is 1. The van der Waals surface area contributed by atoms with Crippen LogP contribution in [0, 0.1) is 5.41 Å². The predicted molar refractivity (Wildman–Crippen MR) is 91.3 cm³/mol. The molecule has 1 aromatic rings. The molecule has 0 atom stereocenters. The Morgan fingerprint density at radius 2 is 1.95 bits per heavy atom. The summed E-state index contributed by atoms with van der Waals surface area (Å²) >= 11 is 3.72. The lowest BCUT2D eigenvalue weighted by Gasteiger charge is -2.40. The summed E-state index contributed by atoms with van der Waals surface area (Å²) < 4.78 is 1.19. The number of halogens is 1. The summed E-state index contributed by atoms with van der Waals surface area (Å²) in [6.45, 7) is 5.49. The lowest BCUT2D eigenvalue weighted by molar-refractivity contribution is 0.222. The fraction of sp³-hybridized carbons (Fsp3) is 0.647. The van der Waals surface area contributed by atoms with Gasteiger partial charge in [0.05, 0.1) is 5.69 Å². The van der Waals surface area contributed by atoms with Crippen LogP contribution in [-0.2, 0) is 6.42 Å². The zero-order chi connectivity index (χ0) is 14.8. The molecule has 3 heteroatoms. The summed E-state index contributed by atoms with van der Waals surface area (Å²) in [7, 11) is 2.23. The maximum Gasteiger partial charge on any atom is 0.0510 e. The number of benzene rings is 1. The van der Waals surface area contributed by atoms with Gasteiger partial charge in [-0.05, 0) is 77.7 Å². The second-order valence-corrected chi connectivity index (χ2v) is 7.69. The number of hydrogen-bond acceptors (Lipinski definition) is 2. The van der Waals surface area contributed by atoms with Gasteiger partial charge in [-0.3, -0.25) is 0 Å². The van der Waals surface area contributed by atoms with E-state index in [2.05, 4.69) is 59.9 Å². The van der Waals surface area contributed by atoms with Crippen molar-refractivity contribution in [1.29, 1.82) is 0 Å². The highest BCUT2D eigenvalue weighted by atomic mass is 79.9. The number of nitrogens with two attached hydrogens (primary N) is 1. The van der Waals surface area contributed by atoms with E-state index in [1.807, 2.05) is 0 Å². The molecule has 20 heavy (non-hydrogen) atoms. The molecule has 0 unspecified atom stereocenters. The van der Waals surface area contributed by atoms with Gasteiger partial charge >= 0.3 is 0 Å². The zero-order valence-electron chi connectivity index (χ0n) is 13.0. The maximum atomic E-state index is 5.63. The molecule has 0 aliphatic heterocycles. The molecule has 0 bridgehead atoms. The highest BCUT2D eigenvalue weighted by molar-refractivity contribution is 9.10. The van der Waals surface area contributed by atoms with Crippen molar-refractivity contribution >= 4 is 21.6 Å². The van der Waals surface area contributed by atoms with Crippen LogP contribution in [0.4, 0.5) is 5.69 Å². The van der Waals surface area contributed by atoms with Gasteiger partial charge in [0.15, 0.2) is 0 Å². The second-order valence-electron chi connectivity index (χ2n) is 6.83. The minimum atomic E-state index is 0.527. The van der Waals surface area contributed by atoms with Gasteiger partial charge in [-0.1, -0.05) is 19.9 Å². The molecule has 0 aromatic heterocycles. The monoisotopic (exact) mass is 338 g/mol. The van der Waals surface area contributed by atoms with Crippen LogP contribution in [-0.4, -0.2) is 19.6 Å². The molecule has 0 spiro atoms. The van der Waals surface area contributed by atoms with Gasteiger partial charge < -0.3 is 10.6 Å². The van der Waals surface area contributed by atoms with E-state index < -0.39 is 0 Å². The van der Waals surface area contributed by atoms with Gasteiger partial charge in [0.1, 0.15) is 0 Å². The Balaban J connectivity index is 2.07. The maximum absolute atomic E-state index is 5.63. The van der Waals surface area contributed by atoms with Crippen LogP contribution in [0.2, 0.25) is 0 Å². The molecule has 1 aromatic carbocycles. The summed E-state index contributed by atoms with van der Waals surface area (Å²) in [4.78, 5) is 2.45. The van der Waals surface area contributed by atoms with E-state index >= 15 is 0 Å². The Morgan fingerprint density at radius 3 is 2.50 bits per heavy atom. The van der Waals surface area contributed by atoms with Gasteiger partial charge in [-0.25, -0.2) is 0 Å². The number of hydrogen-bond donors (Lipinski definition) is 1. The van der Waals surface area contributed by atoms with Gasteiger partial charge in [0.25, 0.3) is 0 Å². The summed E-state index contributed by atoms with van der Waals surface area (Å²) in [5.41, 5.74) is 8.76. The van der Waals surface area contributed by atoms with E-state index in [0.717, 1.165) is 6.42 Å². The molecular formula is C17H27BrN2. The van der Waals surface area contributed by atoms with Crippen LogP contribution in [0.5, 0.6) is 0 Å². The van der Waals surface area contributed by atoms with Crippen LogP contribution < -0.4 is 10.6 Å². The number of anilines is 1. The first-order valence-corrected chi connectivity index (χ1v) is 8.43. The minimum Gasteiger partial charge on any atom is -0.371 e. The van der Waals surface area contributed by atoms with Gasteiger partial charge in [-0.15, -0.1) is 0 Å². The van der Waals surface area contributed by atoms with Crippen LogP contribution in [0.15, 0.2) is 22.7 Å². The summed E-state index contributed by atoms with van der Waals surface area (Å²) in [6.07, 6.45) is 6.18. The Kier molecular flexibility index (Phi) is 5.14. The highest BCUT2D eigenvalue weighted by Gasteiger charge is 2.29. The first-order valence-electron chi connectivity index (χ1n) is 7.64. The van der Waals surface area contributed by atoms with Crippen molar-refractivity contribution in [3.05, 3.63) is 28.2 Å². The Labute approximate surface area is 131 Å². The lowest BCUT2D eigenvalue weighted by Crippen LogP contribution is -2.37. The smallest absolute Gasteiger partial charge is 0.0510 e. The van der Waals surface area contributed by atoms with Crippen LogP contribution in [0.1, 0.15) is 45.1 Å². The molecule has 2 N–H and O–H groups in total. The Morgan fingerprint density at radius 1 is 1.30 bits per heavy atom. The van der Waals surface area contributed by atoms with Crippen molar-refractivity contribution in [2.24, 2.45) is 11.1 Å². The van der Waals surface area contributed by atoms with E-state index in [-0.39, 0.29) is 0 Å². The molecular weight excluding hydrogens is 312 g/mol. The predicted octanol–water partition coefficient (Wildman–Crippen LogP) is 4.36. The summed E-state index contributed by atoms with van der Waals surface area (Å²) in [6, 6.07) is 7.32. The first-order chi connectivity index (χ1) is 9.43. The quantitative estimate of drug-likeness (QED) is 0.883. The van der Waals surface area contributed by atoms with Crippen molar-refractivity contribution in [3.8, 4) is 0 Å². The second kappa shape index (κ2) is 6.48. The molecule has 1 aliphatic carbocycles. The fourth-order valence-corrected chi connectivity index (χ4v) is 3.83. The Hall–Kier alpha value is -0.540. The zero-order valence-corrected chi connectivity index (χ0v) is 14.5. The minimum absolute atomic E-state index is 0.527. The molecule has 1 saturated carbocycles. The number of rotatable bonds is 4. The summed E-state index contributed by atoms with van der Waals surface area (Å²) in [5.74, 6) is 0. The summed E-state index contributed by atoms with van der Waals surface area (Å²) in [5, 5.41) is 0. The third-order valence-corrected chi connectivity index (χ3v) is 5.32. The van der Waals surface area contributed by atoms with Crippen LogP contribution in [0.25, 0.3) is 0 Å². The van der Waals surface area contributed by atoms with E-state index in [4.69, 9.17) is 5.73 Å². The van der Waals surface area contributed by atoms with E-state index in [9.17, 15) is 0 Å².